The average molecular weight is 371 g/mol. The number of carboxylic acid groups (broad SMARTS) is 1. The molecular weight excluding hydrogens is 350 g/mol. The van der Waals surface area contributed by atoms with E-state index in [1.54, 1.807) is 11.8 Å². The van der Waals surface area contributed by atoms with Crippen molar-refractivity contribution in [2.75, 3.05) is 5.75 Å². The van der Waals surface area contributed by atoms with Crippen LogP contribution in [0.4, 0.5) is 0 Å². The maximum absolute atomic E-state index is 12.2. The van der Waals surface area contributed by atoms with Gasteiger partial charge < -0.3 is 14.7 Å². The molecule has 2 aromatic carbocycles. The van der Waals surface area contributed by atoms with Crippen molar-refractivity contribution in [3.8, 4) is 11.5 Å². The molecule has 1 aliphatic heterocycles. The molecular formula is C20H21NO4S. The van der Waals surface area contributed by atoms with Crippen molar-refractivity contribution in [2.45, 2.75) is 31.2 Å². The van der Waals surface area contributed by atoms with Crippen molar-refractivity contribution in [1.82, 2.24) is 4.90 Å². The molecule has 1 saturated heterocycles. The van der Waals surface area contributed by atoms with Gasteiger partial charge in [0.05, 0.1) is 11.8 Å². The van der Waals surface area contributed by atoms with Gasteiger partial charge in [-0.25, -0.2) is 0 Å². The van der Waals surface area contributed by atoms with Crippen molar-refractivity contribution in [2.24, 2.45) is 0 Å². The topological polar surface area (TPSA) is 66.8 Å². The number of carbonyl (C=O) groups excluding carboxylic acids is 1. The molecule has 1 aliphatic rings. The number of nitrogens with zero attached hydrogens (tertiary/aromatic N) is 1. The number of carbonyl (C=O) groups is 2. The Morgan fingerprint density at radius 3 is 2.50 bits per heavy atom. The molecule has 26 heavy (non-hydrogen) atoms. The maximum Gasteiger partial charge on any atom is 0.304 e. The van der Waals surface area contributed by atoms with Crippen LogP contribution >= 0.6 is 11.8 Å². The maximum atomic E-state index is 12.2. The van der Waals surface area contributed by atoms with Gasteiger partial charge in [0.1, 0.15) is 11.5 Å². The van der Waals surface area contributed by atoms with E-state index in [1.807, 2.05) is 59.5 Å². The Morgan fingerprint density at radius 2 is 1.81 bits per heavy atom. The predicted molar refractivity (Wildman–Crippen MR) is 101 cm³/mol. The molecule has 136 valence electrons. The number of carboxylic acids is 1. The van der Waals surface area contributed by atoms with Gasteiger partial charge in [-0.1, -0.05) is 30.3 Å². The van der Waals surface area contributed by atoms with E-state index >= 15 is 0 Å². The molecule has 1 fully saturated rings. The minimum atomic E-state index is -0.803. The van der Waals surface area contributed by atoms with E-state index in [9.17, 15) is 9.59 Å². The van der Waals surface area contributed by atoms with Crippen molar-refractivity contribution in [1.29, 1.82) is 0 Å². The Bertz CT molecular complexity index is 748. The molecule has 1 amide bonds. The molecule has 0 radical (unpaired) electrons. The molecule has 1 heterocycles. The third-order valence-electron chi connectivity index (χ3n) is 4.15. The summed E-state index contributed by atoms with van der Waals surface area (Å²) >= 11 is 1.55. The molecule has 0 bridgehead atoms. The fraction of sp³-hybridized carbons (Fsp3) is 0.300. The summed E-state index contributed by atoms with van der Waals surface area (Å²) in [6.45, 7) is 0.537. The monoisotopic (exact) mass is 371 g/mol. The number of ether oxygens (including phenoxy) is 1. The van der Waals surface area contributed by atoms with Gasteiger partial charge >= 0.3 is 5.97 Å². The first-order chi connectivity index (χ1) is 12.6. The van der Waals surface area contributed by atoms with Crippen LogP contribution in [-0.2, 0) is 16.1 Å². The Balaban J connectivity index is 1.58. The summed E-state index contributed by atoms with van der Waals surface area (Å²) in [6, 6.07) is 17.3. The molecule has 0 spiro atoms. The highest BCUT2D eigenvalue weighted by Gasteiger charge is 2.31. The SMILES string of the molecule is O=C(O)CCSC1CCC(=O)N1Cc1ccc(Oc2ccccc2)cc1. The number of thioether (sulfide) groups is 1. The van der Waals surface area contributed by atoms with Crippen molar-refractivity contribution >= 4 is 23.6 Å². The van der Waals surface area contributed by atoms with Crippen molar-refractivity contribution < 1.29 is 19.4 Å². The molecule has 0 aromatic heterocycles. The average Bonchev–Trinajstić information content (AvgIpc) is 2.97. The minimum Gasteiger partial charge on any atom is -0.481 e. The Morgan fingerprint density at radius 1 is 1.12 bits per heavy atom. The number of likely N-dealkylation sites (tertiary alicyclic amines) is 1. The number of hydrogen-bond donors (Lipinski definition) is 1. The van der Waals surface area contributed by atoms with Crippen LogP contribution < -0.4 is 4.74 Å². The molecule has 1 N–H and O–H groups in total. The summed E-state index contributed by atoms with van der Waals surface area (Å²) in [5, 5.41) is 8.82. The zero-order valence-electron chi connectivity index (χ0n) is 14.3. The van der Waals surface area contributed by atoms with Crippen LogP contribution in [0.3, 0.4) is 0 Å². The lowest BCUT2D eigenvalue weighted by atomic mass is 10.2. The number of para-hydroxylation sites is 1. The number of rotatable bonds is 8. The lowest BCUT2D eigenvalue weighted by molar-refractivity contribution is -0.136. The van der Waals surface area contributed by atoms with Crippen molar-refractivity contribution in [3.63, 3.8) is 0 Å². The number of hydrogen-bond acceptors (Lipinski definition) is 4. The highest BCUT2D eigenvalue weighted by atomic mass is 32.2. The zero-order chi connectivity index (χ0) is 18.4. The van der Waals surface area contributed by atoms with Crippen LogP contribution in [0.15, 0.2) is 54.6 Å². The first-order valence-corrected chi connectivity index (χ1v) is 9.61. The molecule has 0 aliphatic carbocycles. The third-order valence-corrected chi connectivity index (χ3v) is 5.47. The van der Waals surface area contributed by atoms with Gasteiger partial charge in [-0.3, -0.25) is 9.59 Å². The van der Waals surface area contributed by atoms with E-state index in [2.05, 4.69) is 0 Å². The summed E-state index contributed by atoms with van der Waals surface area (Å²) in [6.07, 6.45) is 1.42. The Kier molecular flexibility index (Phi) is 6.17. The fourth-order valence-corrected chi connectivity index (χ4v) is 4.06. The van der Waals surface area contributed by atoms with Gasteiger partial charge in [-0.05, 0) is 36.2 Å². The summed E-state index contributed by atoms with van der Waals surface area (Å²) in [5.41, 5.74) is 1.03. The lowest BCUT2D eigenvalue weighted by Gasteiger charge is -2.24. The van der Waals surface area contributed by atoms with E-state index in [-0.39, 0.29) is 17.7 Å². The van der Waals surface area contributed by atoms with Crippen LogP contribution in [0.5, 0.6) is 11.5 Å². The van der Waals surface area contributed by atoms with Crippen LogP contribution in [0.1, 0.15) is 24.8 Å². The standard InChI is InChI=1S/C20H21NO4S/c22-18-10-11-19(26-13-12-20(23)24)21(18)14-15-6-8-17(9-7-15)25-16-4-2-1-3-5-16/h1-9,19H,10-14H2,(H,23,24). The smallest absolute Gasteiger partial charge is 0.304 e. The van der Waals surface area contributed by atoms with Gasteiger partial charge in [0.2, 0.25) is 5.91 Å². The second kappa shape index (κ2) is 8.76. The molecule has 5 nitrogen and oxygen atoms in total. The van der Waals surface area contributed by atoms with E-state index in [1.165, 1.54) is 0 Å². The van der Waals surface area contributed by atoms with E-state index < -0.39 is 5.97 Å². The van der Waals surface area contributed by atoms with Crippen LogP contribution in [0.25, 0.3) is 0 Å². The highest BCUT2D eigenvalue weighted by Crippen LogP contribution is 2.30. The van der Waals surface area contributed by atoms with Gasteiger partial charge in [0, 0.05) is 18.7 Å². The fourth-order valence-electron chi connectivity index (χ4n) is 2.84. The molecule has 1 unspecified atom stereocenters. The quantitative estimate of drug-likeness (QED) is 0.755. The summed E-state index contributed by atoms with van der Waals surface area (Å²) in [7, 11) is 0. The second-order valence-electron chi connectivity index (χ2n) is 6.09. The molecule has 0 saturated carbocycles. The summed E-state index contributed by atoms with van der Waals surface area (Å²) in [4.78, 5) is 24.7. The van der Waals surface area contributed by atoms with Gasteiger partial charge in [-0.2, -0.15) is 0 Å². The van der Waals surface area contributed by atoms with Crippen molar-refractivity contribution in [3.05, 3.63) is 60.2 Å². The van der Waals surface area contributed by atoms with Gasteiger partial charge in [-0.15, -0.1) is 11.8 Å². The molecule has 1 atom stereocenters. The van der Waals surface area contributed by atoms with E-state index in [4.69, 9.17) is 9.84 Å². The normalized spacial score (nSPS) is 16.7. The second-order valence-corrected chi connectivity index (χ2v) is 7.37. The highest BCUT2D eigenvalue weighted by molar-refractivity contribution is 7.99. The summed E-state index contributed by atoms with van der Waals surface area (Å²) < 4.78 is 5.78. The summed E-state index contributed by atoms with van der Waals surface area (Å²) in [5.74, 6) is 1.38. The van der Waals surface area contributed by atoms with Crippen LogP contribution in [0, 0.1) is 0 Å². The largest absolute Gasteiger partial charge is 0.481 e. The Hall–Kier alpha value is -2.47. The Labute approximate surface area is 157 Å². The van der Waals surface area contributed by atoms with Crippen LogP contribution in [0.2, 0.25) is 0 Å². The number of amides is 1. The third kappa shape index (κ3) is 5.02. The number of benzene rings is 2. The first-order valence-electron chi connectivity index (χ1n) is 8.56. The van der Waals surface area contributed by atoms with Crippen LogP contribution in [-0.4, -0.2) is 33.0 Å². The van der Waals surface area contributed by atoms with E-state index in [0.29, 0.717) is 18.7 Å². The first kappa shape index (κ1) is 18.3. The molecule has 6 heteroatoms. The van der Waals surface area contributed by atoms with Gasteiger partial charge in [0.25, 0.3) is 0 Å². The van der Waals surface area contributed by atoms with Gasteiger partial charge in [0.15, 0.2) is 0 Å². The zero-order valence-corrected chi connectivity index (χ0v) is 15.2. The van der Waals surface area contributed by atoms with E-state index in [0.717, 1.165) is 23.5 Å². The minimum absolute atomic E-state index is 0.0575. The molecule has 2 aromatic rings. The molecule has 3 rings (SSSR count). The number of aliphatic carboxylic acids is 1. The lowest BCUT2D eigenvalue weighted by Crippen LogP contribution is -2.30. The predicted octanol–water partition coefficient (Wildman–Crippen LogP) is 4.14.